The largest absolute Gasteiger partial charge is 0.490 e. The Morgan fingerprint density at radius 2 is 1.64 bits per heavy atom. The lowest BCUT2D eigenvalue weighted by molar-refractivity contribution is -0.136. The molecular weight excluding hydrogens is 358 g/mol. The highest BCUT2D eigenvalue weighted by Gasteiger charge is 2.13. The first-order chi connectivity index (χ1) is 13.4. The number of nitrogens with zero attached hydrogens (tertiary/aromatic N) is 1. The fraction of sp³-hybridized carbons (Fsp3) is 0.286. The van der Waals surface area contributed by atoms with E-state index in [0.29, 0.717) is 36.0 Å². The number of ether oxygens (including phenoxy) is 2. The zero-order chi connectivity index (χ0) is 20.5. The van der Waals surface area contributed by atoms with Gasteiger partial charge in [-0.05, 0) is 74.7 Å². The maximum absolute atomic E-state index is 12.0. The van der Waals surface area contributed by atoms with Crippen LogP contribution in [-0.4, -0.2) is 31.2 Å². The smallest absolute Gasteiger partial charge is 0.329 e. The number of hydrogen-bond acceptors (Lipinski definition) is 5. The number of carbonyl (C=O) groups is 2. The van der Waals surface area contributed by atoms with Crippen LogP contribution in [0.2, 0.25) is 0 Å². The maximum Gasteiger partial charge on any atom is 0.329 e. The lowest BCUT2D eigenvalue weighted by atomic mass is 10.1. The zero-order valence-corrected chi connectivity index (χ0v) is 16.5. The number of hydrogen-bond donors (Lipinski definition) is 2. The summed E-state index contributed by atoms with van der Waals surface area (Å²) >= 11 is 0. The molecule has 2 aromatic rings. The summed E-state index contributed by atoms with van der Waals surface area (Å²) < 4.78 is 11.0. The summed E-state index contributed by atoms with van der Waals surface area (Å²) in [6, 6.07) is 10.7. The topological polar surface area (TPSA) is 89.0 Å². The van der Waals surface area contributed by atoms with Gasteiger partial charge in [0, 0.05) is 5.69 Å². The van der Waals surface area contributed by atoms with Gasteiger partial charge in [-0.3, -0.25) is 9.59 Å². The summed E-state index contributed by atoms with van der Waals surface area (Å²) in [5, 5.41) is 6.38. The van der Waals surface area contributed by atoms with Gasteiger partial charge < -0.3 is 14.8 Å². The number of hydrazone groups is 1. The molecule has 0 aliphatic carbocycles. The molecule has 2 N–H and O–H groups in total. The molecule has 2 aromatic carbocycles. The van der Waals surface area contributed by atoms with Crippen molar-refractivity contribution in [1.29, 1.82) is 0 Å². The van der Waals surface area contributed by atoms with E-state index in [1.165, 1.54) is 6.21 Å². The van der Waals surface area contributed by atoms with Crippen LogP contribution < -0.4 is 20.2 Å². The van der Waals surface area contributed by atoms with Crippen molar-refractivity contribution >= 4 is 23.7 Å². The van der Waals surface area contributed by atoms with Crippen LogP contribution >= 0.6 is 0 Å². The van der Waals surface area contributed by atoms with Gasteiger partial charge in [-0.2, -0.15) is 5.10 Å². The molecular formula is C21H25N3O4. The van der Waals surface area contributed by atoms with E-state index in [1.54, 1.807) is 30.3 Å². The normalized spacial score (nSPS) is 10.6. The van der Waals surface area contributed by atoms with Gasteiger partial charge in [-0.25, -0.2) is 5.43 Å². The van der Waals surface area contributed by atoms with Gasteiger partial charge in [-0.15, -0.1) is 0 Å². The quantitative estimate of drug-likeness (QED) is 0.437. The first-order valence-corrected chi connectivity index (χ1v) is 9.05. The van der Waals surface area contributed by atoms with Gasteiger partial charge in [0.1, 0.15) is 0 Å². The van der Waals surface area contributed by atoms with E-state index in [2.05, 4.69) is 15.8 Å². The molecule has 0 aliphatic rings. The minimum atomic E-state index is -0.856. The average molecular weight is 383 g/mol. The van der Waals surface area contributed by atoms with Crippen molar-refractivity contribution in [3.63, 3.8) is 0 Å². The molecule has 7 heteroatoms. The van der Waals surface area contributed by atoms with Crippen LogP contribution in [0.25, 0.3) is 0 Å². The Bertz CT molecular complexity index is 878. The van der Waals surface area contributed by atoms with Crippen molar-refractivity contribution in [1.82, 2.24) is 5.43 Å². The number of carbonyl (C=O) groups excluding carboxylic acids is 2. The Kier molecular flexibility index (Phi) is 7.56. The molecule has 0 bridgehead atoms. The van der Waals surface area contributed by atoms with Crippen molar-refractivity contribution < 1.29 is 19.1 Å². The number of benzene rings is 2. The molecule has 0 unspecified atom stereocenters. The third-order valence-corrected chi connectivity index (χ3v) is 3.92. The Morgan fingerprint density at radius 1 is 0.929 bits per heavy atom. The second kappa shape index (κ2) is 10.1. The van der Waals surface area contributed by atoms with Crippen LogP contribution in [0.4, 0.5) is 5.69 Å². The predicted molar refractivity (Wildman–Crippen MR) is 109 cm³/mol. The van der Waals surface area contributed by atoms with Crippen molar-refractivity contribution in [2.75, 3.05) is 18.5 Å². The fourth-order valence-electron chi connectivity index (χ4n) is 2.37. The summed E-state index contributed by atoms with van der Waals surface area (Å²) in [5.41, 5.74) is 5.60. The standard InChI is InChI=1S/C21H25N3O4/c1-5-27-18-10-8-16(12-19(18)28-6-2)13-22-24-21(26)20(25)23-17-9-7-14(3)15(4)11-17/h7-13H,5-6H2,1-4H3,(H,23,25)(H,24,26)/b22-13-. The molecule has 2 amide bonds. The van der Waals surface area contributed by atoms with Crippen molar-refractivity contribution in [2.45, 2.75) is 27.7 Å². The predicted octanol–water partition coefficient (Wildman–Crippen LogP) is 3.19. The summed E-state index contributed by atoms with van der Waals surface area (Å²) in [4.78, 5) is 23.9. The Labute approximate surface area is 164 Å². The average Bonchev–Trinajstić information content (AvgIpc) is 2.67. The van der Waals surface area contributed by atoms with Crippen molar-refractivity contribution in [2.24, 2.45) is 5.10 Å². The number of nitrogens with one attached hydrogen (secondary N) is 2. The third-order valence-electron chi connectivity index (χ3n) is 3.92. The van der Waals surface area contributed by atoms with E-state index in [0.717, 1.165) is 11.1 Å². The molecule has 148 valence electrons. The van der Waals surface area contributed by atoms with E-state index in [1.807, 2.05) is 33.8 Å². The first kappa shape index (κ1) is 21.0. The molecule has 2 rings (SSSR count). The van der Waals surface area contributed by atoms with E-state index in [9.17, 15) is 9.59 Å². The van der Waals surface area contributed by atoms with Gasteiger partial charge in [0.15, 0.2) is 11.5 Å². The third kappa shape index (κ3) is 5.84. The summed E-state index contributed by atoms with van der Waals surface area (Å²) in [6.45, 7) is 8.70. The second-order valence-electron chi connectivity index (χ2n) is 6.02. The molecule has 0 radical (unpaired) electrons. The molecule has 0 heterocycles. The van der Waals surface area contributed by atoms with Crippen molar-refractivity contribution in [3.05, 3.63) is 53.1 Å². The van der Waals surface area contributed by atoms with Crippen LogP contribution in [-0.2, 0) is 9.59 Å². The minimum absolute atomic E-state index is 0.496. The van der Waals surface area contributed by atoms with E-state index in [-0.39, 0.29) is 0 Å². The highest BCUT2D eigenvalue weighted by Crippen LogP contribution is 2.27. The second-order valence-corrected chi connectivity index (χ2v) is 6.02. The molecule has 28 heavy (non-hydrogen) atoms. The Balaban J connectivity index is 1.97. The SMILES string of the molecule is CCOc1ccc(/C=N\NC(=O)C(=O)Nc2ccc(C)c(C)c2)cc1OCC. The van der Waals surface area contributed by atoms with E-state index < -0.39 is 11.8 Å². The Hall–Kier alpha value is -3.35. The number of aryl methyl sites for hydroxylation is 2. The number of anilines is 1. The molecule has 0 saturated heterocycles. The monoisotopic (exact) mass is 383 g/mol. The molecule has 0 aromatic heterocycles. The van der Waals surface area contributed by atoms with E-state index >= 15 is 0 Å². The molecule has 7 nitrogen and oxygen atoms in total. The first-order valence-electron chi connectivity index (χ1n) is 9.05. The van der Waals surface area contributed by atoms with Gasteiger partial charge in [0.05, 0.1) is 19.4 Å². The highest BCUT2D eigenvalue weighted by molar-refractivity contribution is 6.39. The molecule has 0 saturated carbocycles. The Morgan fingerprint density at radius 3 is 2.32 bits per heavy atom. The van der Waals surface area contributed by atoms with Gasteiger partial charge in [-0.1, -0.05) is 6.07 Å². The van der Waals surface area contributed by atoms with Gasteiger partial charge in [0.25, 0.3) is 0 Å². The number of amides is 2. The van der Waals surface area contributed by atoms with Gasteiger partial charge in [0.2, 0.25) is 0 Å². The van der Waals surface area contributed by atoms with Crippen LogP contribution in [0, 0.1) is 13.8 Å². The fourth-order valence-corrected chi connectivity index (χ4v) is 2.37. The van der Waals surface area contributed by atoms with Crippen molar-refractivity contribution in [3.8, 4) is 11.5 Å². The van der Waals surface area contributed by atoms with E-state index in [4.69, 9.17) is 9.47 Å². The number of rotatable bonds is 7. The summed E-state index contributed by atoms with van der Waals surface area (Å²) in [7, 11) is 0. The lowest BCUT2D eigenvalue weighted by Crippen LogP contribution is -2.32. The molecule has 0 aliphatic heterocycles. The van der Waals surface area contributed by atoms with Crippen LogP contribution in [0.1, 0.15) is 30.5 Å². The maximum atomic E-state index is 12.0. The van der Waals surface area contributed by atoms with Crippen LogP contribution in [0.3, 0.4) is 0 Å². The van der Waals surface area contributed by atoms with Gasteiger partial charge >= 0.3 is 11.8 Å². The molecule has 0 atom stereocenters. The summed E-state index contributed by atoms with van der Waals surface area (Å²) in [6.07, 6.45) is 1.43. The summed E-state index contributed by atoms with van der Waals surface area (Å²) in [5.74, 6) is -0.419. The molecule has 0 fully saturated rings. The lowest BCUT2D eigenvalue weighted by Gasteiger charge is -2.11. The minimum Gasteiger partial charge on any atom is -0.490 e. The highest BCUT2D eigenvalue weighted by atomic mass is 16.5. The van der Waals surface area contributed by atoms with Crippen LogP contribution in [0.5, 0.6) is 11.5 Å². The molecule has 0 spiro atoms. The zero-order valence-electron chi connectivity index (χ0n) is 16.5. The van der Waals surface area contributed by atoms with Crippen LogP contribution in [0.15, 0.2) is 41.5 Å².